The Balaban J connectivity index is 1.46. The third-order valence-corrected chi connectivity index (χ3v) is 6.64. The number of rotatable bonds is 3. The normalized spacial score (nSPS) is 14.1. The van der Waals surface area contributed by atoms with Crippen LogP contribution in [0.3, 0.4) is 0 Å². The summed E-state index contributed by atoms with van der Waals surface area (Å²) in [6.07, 6.45) is 4.33. The number of ether oxygens (including phenoxy) is 3. The van der Waals surface area contributed by atoms with Gasteiger partial charge in [0, 0.05) is 23.9 Å². The van der Waals surface area contributed by atoms with E-state index in [-0.39, 0.29) is 5.91 Å². The average molecular weight is 503 g/mol. The molecule has 9 heteroatoms. The number of benzene rings is 2. The van der Waals surface area contributed by atoms with Crippen LogP contribution in [0.2, 0.25) is 0 Å². The number of hydrogen-bond acceptors (Lipinski definition) is 8. The minimum Gasteiger partial charge on any atom is -0.497 e. The lowest BCUT2D eigenvalue weighted by atomic mass is 10.1. The van der Waals surface area contributed by atoms with Gasteiger partial charge in [0.2, 0.25) is 5.88 Å². The van der Waals surface area contributed by atoms with Gasteiger partial charge in [0.05, 0.1) is 20.3 Å². The number of aromatic nitrogens is 3. The summed E-state index contributed by atoms with van der Waals surface area (Å²) < 4.78 is 21.5. The van der Waals surface area contributed by atoms with Crippen molar-refractivity contribution in [3.05, 3.63) is 77.3 Å². The fraction of sp³-hybridized carbons (Fsp3) is 0.259. The molecule has 184 valence electrons. The maximum atomic E-state index is 13.8. The molecular weight excluding hydrogens is 476 g/mol. The Hall–Kier alpha value is -3.98. The molecule has 3 heterocycles. The fourth-order valence-electron chi connectivity index (χ4n) is 4.03. The van der Waals surface area contributed by atoms with Gasteiger partial charge in [-0.1, -0.05) is 22.7 Å². The van der Waals surface area contributed by atoms with Gasteiger partial charge in [0.1, 0.15) is 16.3 Å². The van der Waals surface area contributed by atoms with E-state index in [4.69, 9.17) is 14.2 Å². The molecule has 0 spiro atoms. The van der Waals surface area contributed by atoms with E-state index >= 15 is 0 Å². The minimum absolute atomic E-state index is 0.114. The van der Waals surface area contributed by atoms with E-state index in [0.717, 1.165) is 47.7 Å². The SMILES string of the molecule is COc1ccc(-c2nnsc2C(=O)N2CCCCCOc3ccccc3Oc3ncccc3C2)cc1. The number of pyridine rings is 1. The predicted molar refractivity (Wildman–Crippen MR) is 137 cm³/mol. The molecule has 1 aliphatic heterocycles. The van der Waals surface area contributed by atoms with Gasteiger partial charge in [0.15, 0.2) is 11.5 Å². The standard InChI is InChI=1S/C27H26N4O4S/c1-33-21-13-11-19(12-14-21)24-25(36-30-29-24)27(32)31-16-5-2-6-17-34-22-9-3-4-10-23(22)35-26-20(18-31)8-7-15-28-26/h3-4,7-15H,2,5-6,16-18H2,1H3. The first-order valence-corrected chi connectivity index (χ1v) is 12.6. The van der Waals surface area contributed by atoms with E-state index in [1.54, 1.807) is 13.3 Å². The number of carbonyl (C=O) groups is 1. The van der Waals surface area contributed by atoms with Gasteiger partial charge in [-0.25, -0.2) is 4.98 Å². The van der Waals surface area contributed by atoms with Crippen molar-refractivity contribution in [2.24, 2.45) is 0 Å². The van der Waals surface area contributed by atoms with Crippen LogP contribution in [0.4, 0.5) is 0 Å². The number of fused-ring (bicyclic) bond motifs is 2. The highest BCUT2D eigenvalue weighted by molar-refractivity contribution is 7.08. The smallest absolute Gasteiger partial charge is 0.268 e. The number of amides is 1. The van der Waals surface area contributed by atoms with Crippen LogP contribution in [-0.2, 0) is 6.54 Å². The van der Waals surface area contributed by atoms with E-state index in [9.17, 15) is 4.79 Å². The molecular formula is C27H26N4O4S. The molecule has 4 aromatic rings. The summed E-state index contributed by atoms with van der Waals surface area (Å²) in [5.74, 6) is 2.35. The molecule has 0 atom stereocenters. The van der Waals surface area contributed by atoms with E-state index in [2.05, 4.69) is 14.6 Å². The molecule has 1 amide bonds. The van der Waals surface area contributed by atoms with Crippen molar-refractivity contribution in [2.45, 2.75) is 25.8 Å². The third-order valence-electron chi connectivity index (χ3n) is 5.93. The van der Waals surface area contributed by atoms with Crippen molar-refractivity contribution < 1.29 is 19.0 Å². The monoisotopic (exact) mass is 502 g/mol. The first-order valence-electron chi connectivity index (χ1n) is 11.8. The summed E-state index contributed by atoms with van der Waals surface area (Å²) in [4.78, 5) is 20.6. The van der Waals surface area contributed by atoms with Crippen LogP contribution < -0.4 is 14.2 Å². The summed E-state index contributed by atoms with van der Waals surface area (Å²) in [6.45, 7) is 1.51. The Morgan fingerprint density at radius 3 is 2.67 bits per heavy atom. The van der Waals surface area contributed by atoms with Gasteiger partial charge in [-0.15, -0.1) is 5.10 Å². The second-order valence-corrected chi connectivity index (χ2v) is 9.09. The lowest BCUT2D eigenvalue weighted by Crippen LogP contribution is -2.31. The Bertz CT molecular complexity index is 1330. The molecule has 36 heavy (non-hydrogen) atoms. The van der Waals surface area contributed by atoms with Crippen LogP contribution in [0.1, 0.15) is 34.5 Å². The highest BCUT2D eigenvalue weighted by Gasteiger charge is 2.25. The topological polar surface area (TPSA) is 86.7 Å². The molecule has 0 N–H and O–H groups in total. The lowest BCUT2D eigenvalue weighted by Gasteiger charge is -2.23. The van der Waals surface area contributed by atoms with Crippen molar-refractivity contribution in [2.75, 3.05) is 20.3 Å². The summed E-state index contributed by atoms with van der Waals surface area (Å²) >= 11 is 1.11. The van der Waals surface area contributed by atoms with Gasteiger partial charge >= 0.3 is 0 Å². The summed E-state index contributed by atoms with van der Waals surface area (Å²) in [6, 6.07) is 18.8. The van der Waals surface area contributed by atoms with Crippen LogP contribution in [0.15, 0.2) is 66.9 Å². The van der Waals surface area contributed by atoms with Gasteiger partial charge < -0.3 is 19.1 Å². The highest BCUT2D eigenvalue weighted by atomic mass is 32.1. The first-order chi connectivity index (χ1) is 17.7. The second kappa shape index (κ2) is 11.2. The molecule has 5 rings (SSSR count). The summed E-state index contributed by atoms with van der Waals surface area (Å²) in [5.41, 5.74) is 2.20. The van der Waals surface area contributed by atoms with Crippen molar-refractivity contribution in [3.63, 3.8) is 0 Å². The summed E-state index contributed by atoms with van der Waals surface area (Å²) in [5, 5.41) is 4.27. The number of carbonyl (C=O) groups excluding carboxylic acids is 1. The Morgan fingerprint density at radius 2 is 1.83 bits per heavy atom. The molecule has 0 saturated heterocycles. The largest absolute Gasteiger partial charge is 0.497 e. The lowest BCUT2D eigenvalue weighted by molar-refractivity contribution is 0.0744. The van der Waals surface area contributed by atoms with Gasteiger partial charge in [-0.05, 0) is 73.3 Å². The molecule has 0 fully saturated rings. The zero-order valence-corrected chi connectivity index (χ0v) is 20.7. The van der Waals surface area contributed by atoms with Crippen LogP contribution >= 0.6 is 11.5 Å². The fourth-order valence-corrected chi connectivity index (χ4v) is 4.68. The van der Waals surface area contributed by atoms with Crippen LogP contribution in [0.25, 0.3) is 11.3 Å². The third kappa shape index (κ3) is 5.31. The van der Waals surface area contributed by atoms with Gasteiger partial charge in [0.25, 0.3) is 5.91 Å². The molecule has 1 aliphatic rings. The number of hydrogen-bond donors (Lipinski definition) is 0. The zero-order valence-electron chi connectivity index (χ0n) is 19.9. The van der Waals surface area contributed by atoms with Crippen molar-refractivity contribution >= 4 is 17.4 Å². The highest BCUT2D eigenvalue weighted by Crippen LogP contribution is 2.33. The molecule has 2 aromatic carbocycles. The van der Waals surface area contributed by atoms with Crippen molar-refractivity contribution in [3.8, 4) is 34.4 Å². The van der Waals surface area contributed by atoms with E-state index in [0.29, 0.717) is 47.6 Å². The molecule has 0 unspecified atom stereocenters. The van der Waals surface area contributed by atoms with E-state index in [1.807, 2.05) is 65.6 Å². The molecule has 0 aliphatic carbocycles. The Labute approximate surface area is 213 Å². The number of methoxy groups -OCH3 is 1. The zero-order chi connectivity index (χ0) is 24.7. The Morgan fingerprint density at radius 1 is 1.00 bits per heavy atom. The minimum atomic E-state index is -0.114. The van der Waals surface area contributed by atoms with Gasteiger partial charge in [-0.2, -0.15) is 0 Å². The van der Waals surface area contributed by atoms with E-state index < -0.39 is 0 Å². The molecule has 0 bridgehead atoms. The summed E-state index contributed by atoms with van der Waals surface area (Å²) in [7, 11) is 1.62. The van der Waals surface area contributed by atoms with Gasteiger partial charge in [-0.3, -0.25) is 4.79 Å². The van der Waals surface area contributed by atoms with E-state index in [1.165, 1.54) is 0 Å². The number of nitrogens with zero attached hydrogens (tertiary/aromatic N) is 4. The van der Waals surface area contributed by atoms with Crippen LogP contribution in [0, 0.1) is 0 Å². The average Bonchev–Trinajstić information content (AvgIpc) is 3.41. The molecule has 2 aromatic heterocycles. The van der Waals surface area contributed by atoms with Crippen molar-refractivity contribution in [1.29, 1.82) is 0 Å². The predicted octanol–water partition coefficient (Wildman–Crippen LogP) is 5.61. The molecule has 0 saturated carbocycles. The molecule has 8 nitrogen and oxygen atoms in total. The number of para-hydroxylation sites is 2. The maximum Gasteiger partial charge on any atom is 0.268 e. The quantitative estimate of drug-likeness (QED) is 0.360. The van der Waals surface area contributed by atoms with Crippen LogP contribution in [-0.4, -0.2) is 45.6 Å². The maximum absolute atomic E-state index is 13.8. The van der Waals surface area contributed by atoms with Crippen LogP contribution in [0.5, 0.6) is 23.1 Å². The Kier molecular flexibility index (Phi) is 7.37. The first kappa shape index (κ1) is 23.7. The molecule has 0 radical (unpaired) electrons. The second-order valence-electron chi connectivity index (χ2n) is 8.33. The van der Waals surface area contributed by atoms with Crippen molar-refractivity contribution in [1.82, 2.24) is 19.5 Å².